The number of likely N-dealkylation sites (tertiary alicyclic amines) is 1. The molecule has 0 bridgehead atoms. The predicted molar refractivity (Wildman–Crippen MR) is 74.4 cm³/mol. The van der Waals surface area contributed by atoms with Crippen LogP contribution in [0.5, 0.6) is 0 Å². The van der Waals surface area contributed by atoms with E-state index in [2.05, 4.69) is 0 Å². The van der Waals surface area contributed by atoms with Crippen molar-refractivity contribution >= 4 is 17.2 Å². The minimum atomic E-state index is -0.0961. The molecule has 0 saturated carbocycles. The van der Waals surface area contributed by atoms with E-state index in [1.165, 1.54) is 4.57 Å². The van der Waals surface area contributed by atoms with E-state index >= 15 is 0 Å². The Bertz CT molecular complexity index is 494. The summed E-state index contributed by atoms with van der Waals surface area (Å²) in [6.45, 7) is 2.60. The largest absolute Gasteiger partial charge is 0.394 e. The van der Waals surface area contributed by atoms with Gasteiger partial charge in [0.2, 0.25) is 5.91 Å². The average Bonchev–Trinajstić information content (AvgIpc) is 2.63. The number of aryl methyl sites for hydroxylation is 1. The molecule has 1 N–H and O–H groups in total. The molecule has 1 saturated heterocycles. The molecule has 1 aromatic heterocycles. The van der Waals surface area contributed by atoms with Crippen LogP contribution >= 0.6 is 11.3 Å². The van der Waals surface area contributed by atoms with Gasteiger partial charge < -0.3 is 10.0 Å². The molecule has 0 aromatic carbocycles. The first-order valence-electron chi connectivity index (χ1n) is 6.68. The monoisotopic (exact) mass is 284 g/mol. The van der Waals surface area contributed by atoms with Crippen LogP contribution in [0.4, 0.5) is 0 Å². The van der Waals surface area contributed by atoms with Gasteiger partial charge in [-0.15, -0.1) is 0 Å². The zero-order chi connectivity index (χ0) is 13.8. The maximum absolute atomic E-state index is 12.4. The summed E-state index contributed by atoms with van der Waals surface area (Å²) in [7, 11) is 0. The van der Waals surface area contributed by atoms with Gasteiger partial charge in [0.15, 0.2) is 0 Å². The Balaban J connectivity index is 2.11. The van der Waals surface area contributed by atoms with Gasteiger partial charge in [-0.1, -0.05) is 24.2 Å². The highest BCUT2D eigenvalue weighted by atomic mass is 32.1. The lowest BCUT2D eigenvalue weighted by Crippen LogP contribution is -2.44. The summed E-state index contributed by atoms with van der Waals surface area (Å²) < 4.78 is 1.51. The molecule has 5 nitrogen and oxygen atoms in total. The Kier molecular flexibility index (Phi) is 4.76. The second-order valence-corrected chi connectivity index (χ2v) is 5.82. The summed E-state index contributed by atoms with van der Waals surface area (Å²) in [6, 6.07) is -0.0929. The van der Waals surface area contributed by atoms with E-state index in [4.69, 9.17) is 0 Å². The molecular weight excluding hydrogens is 264 g/mol. The van der Waals surface area contributed by atoms with Crippen molar-refractivity contribution in [3.63, 3.8) is 0 Å². The van der Waals surface area contributed by atoms with Crippen molar-refractivity contribution < 1.29 is 9.90 Å². The van der Waals surface area contributed by atoms with Crippen LogP contribution in [0.25, 0.3) is 0 Å². The van der Waals surface area contributed by atoms with Gasteiger partial charge >= 0.3 is 4.87 Å². The Morgan fingerprint density at radius 1 is 1.47 bits per heavy atom. The number of hydrogen-bond acceptors (Lipinski definition) is 4. The number of aliphatic hydroxyl groups is 1. The van der Waals surface area contributed by atoms with E-state index in [1.807, 2.05) is 6.92 Å². The highest BCUT2D eigenvalue weighted by Gasteiger charge is 2.25. The van der Waals surface area contributed by atoms with Crippen molar-refractivity contribution in [3.8, 4) is 0 Å². The lowest BCUT2D eigenvalue weighted by molar-refractivity contribution is -0.135. The third kappa shape index (κ3) is 3.25. The van der Waals surface area contributed by atoms with Gasteiger partial charge in [0, 0.05) is 17.6 Å². The Hall–Kier alpha value is -1.14. The van der Waals surface area contributed by atoms with Crippen LogP contribution < -0.4 is 4.87 Å². The second-order valence-electron chi connectivity index (χ2n) is 5.00. The molecule has 0 radical (unpaired) electrons. The third-order valence-corrected chi connectivity index (χ3v) is 4.56. The summed E-state index contributed by atoms with van der Waals surface area (Å²) >= 11 is 1.12. The van der Waals surface area contributed by atoms with Gasteiger partial charge in [0.1, 0.15) is 6.54 Å². The number of aromatic nitrogens is 1. The number of carbonyl (C=O) groups is 1. The standard InChI is InChI=1S/C13H20N2O3S/c1-10-9-19-13(18)15(10)7-12(17)14-6-4-2-3-5-11(14)8-16/h9,11,16H,2-8H2,1H3. The topological polar surface area (TPSA) is 62.5 Å². The van der Waals surface area contributed by atoms with Gasteiger partial charge in [-0.05, 0) is 19.8 Å². The molecular formula is C13H20N2O3S. The average molecular weight is 284 g/mol. The molecule has 1 aromatic rings. The number of carbonyl (C=O) groups excluding carboxylic acids is 1. The molecule has 1 atom stereocenters. The van der Waals surface area contributed by atoms with Crippen LogP contribution in [-0.2, 0) is 11.3 Å². The fourth-order valence-corrected chi connectivity index (χ4v) is 3.25. The van der Waals surface area contributed by atoms with Crippen molar-refractivity contribution in [2.45, 2.75) is 45.2 Å². The molecule has 0 spiro atoms. The summed E-state index contributed by atoms with van der Waals surface area (Å²) in [5, 5.41) is 11.2. The lowest BCUT2D eigenvalue weighted by Gasteiger charge is -2.28. The van der Waals surface area contributed by atoms with Gasteiger partial charge in [-0.2, -0.15) is 0 Å². The number of aliphatic hydroxyl groups excluding tert-OH is 1. The van der Waals surface area contributed by atoms with Crippen LogP contribution in [0, 0.1) is 6.92 Å². The molecule has 1 amide bonds. The number of rotatable bonds is 3. The molecule has 106 valence electrons. The number of thiazole rings is 1. The van der Waals surface area contributed by atoms with E-state index < -0.39 is 0 Å². The van der Waals surface area contributed by atoms with Crippen molar-refractivity contribution in [2.75, 3.05) is 13.2 Å². The van der Waals surface area contributed by atoms with Crippen molar-refractivity contribution in [1.29, 1.82) is 0 Å². The molecule has 1 unspecified atom stereocenters. The fourth-order valence-electron chi connectivity index (χ4n) is 2.52. The summed E-state index contributed by atoms with van der Waals surface area (Å²) in [5.74, 6) is -0.0652. The number of nitrogens with zero attached hydrogens (tertiary/aromatic N) is 2. The van der Waals surface area contributed by atoms with E-state index in [1.54, 1.807) is 10.3 Å². The SMILES string of the molecule is Cc1csc(=O)n1CC(=O)N1CCCCCC1CO. The van der Waals surface area contributed by atoms with E-state index in [0.717, 1.165) is 42.7 Å². The summed E-state index contributed by atoms with van der Waals surface area (Å²) in [5.41, 5.74) is 0.818. The first-order valence-corrected chi connectivity index (χ1v) is 7.56. The molecule has 19 heavy (non-hydrogen) atoms. The maximum Gasteiger partial charge on any atom is 0.307 e. The number of hydrogen-bond donors (Lipinski definition) is 1. The Morgan fingerprint density at radius 2 is 2.26 bits per heavy atom. The number of amides is 1. The van der Waals surface area contributed by atoms with E-state index in [-0.39, 0.29) is 30.0 Å². The second kappa shape index (κ2) is 6.34. The normalized spacial score (nSPS) is 20.3. The Morgan fingerprint density at radius 3 is 2.89 bits per heavy atom. The highest BCUT2D eigenvalue weighted by molar-refractivity contribution is 7.07. The molecule has 6 heteroatoms. The molecule has 1 aliphatic heterocycles. The van der Waals surface area contributed by atoms with Gasteiger partial charge in [-0.3, -0.25) is 14.2 Å². The first kappa shape index (κ1) is 14.3. The predicted octanol–water partition coefficient (Wildman–Crippen LogP) is 0.982. The van der Waals surface area contributed by atoms with E-state index in [9.17, 15) is 14.7 Å². The summed E-state index contributed by atoms with van der Waals surface area (Å²) in [6.07, 6.45) is 3.96. The van der Waals surface area contributed by atoms with Crippen LogP contribution in [0.15, 0.2) is 10.2 Å². The van der Waals surface area contributed by atoms with E-state index in [0.29, 0.717) is 6.54 Å². The van der Waals surface area contributed by atoms with Crippen LogP contribution in [0.2, 0.25) is 0 Å². The molecule has 0 aliphatic carbocycles. The van der Waals surface area contributed by atoms with Gasteiger partial charge in [0.25, 0.3) is 0 Å². The highest BCUT2D eigenvalue weighted by Crippen LogP contribution is 2.17. The minimum absolute atomic E-state index is 0.00323. The smallest absolute Gasteiger partial charge is 0.307 e. The minimum Gasteiger partial charge on any atom is -0.394 e. The molecule has 2 rings (SSSR count). The molecule has 1 fully saturated rings. The van der Waals surface area contributed by atoms with Crippen LogP contribution in [0.3, 0.4) is 0 Å². The van der Waals surface area contributed by atoms with Gasteiger partial charge in [-0.25, -0.2) is 0 Å². The fraction of sp³-hybridized carbons (Fsp3) is 0.692. The summed E-state index contributed by atoms with van der Waals surface area (Å²) in [4.78, 5) is 25.6. The maximum atomic E-state index is 12.4. The van der Waals surface area contributed by atoms with Crippen LogP contribution in [0.1, 0.15) is 31.4 Å². The quantitative estimate of drug-likeness (QED) is 0.900. The molecule has 2 heterocycles. The molecule has 1 aliphatic rings. The zero-order valence-electron chi connectivity index (χ0n) is 11.2. The zero-order valence-corrected chi connectivity index (χ0v) is 12.0. The van der Waals surface area contributed by atoms with Crippen LogP contribution in [-0.4, -0.2) is 39.7 Å². The third-order valence-electron chi connectivity index (χ3n) is 3.68. The lowest BCUT2D eigenvalue weighted by atomic mass is 10.1. The first-order chi connectivity index (χ1) is 9.13. The van der Waals surface area contributed by atoms with Gasteiger partial charge in [0.05, 0.1) is 12.6 Å². The van der Waals surface area contributed by atoms with Crippen molar-refractivity contribution in [2.24, 2.45) is 0 Å². The van der Waals surface area contributed by atoms with Crippen molar-refractivity contribution in [3.05, 3.63) is 20.7 Å². The van der Waals surface area contributed by atoms with Crippen molar-refractivity contribution in [1.82, 2.24) is 9.47 Å². The Labute approximate surface area is 116 Å².